The van der Waals surface area contributed by atoms with Crippen molar-refractivity contribution in [2.45, 2.75) is 77.5 Å². The van der Waals surface area contributed by atoms with Crippen molar-refractivity contribution >= 4 is 11.9 Å². The maximum atomic E-state index is 12.5. The lowest BCUT2D eigenvalue weighted by atomic mass is 10.0. The Hall–Kier alpha value is -1.92. The minimum absolute atomic E-state index is 0.0874. The number of hydrogen-bond acceptors (Lipinski definition) is 5. The molecule has 0 spiro atoms. The van der Waals surface area contributed by atoms with Crippen molar-refractivity contribution in [2.24, 2.45) is 5.92 Å². The van der Waals surface area contributed by atoms with Crippen molar-refractivity contribution < 1.29 is 19.5 Å². The maximum absolute atomic E-state index is 12.5. The van der Waals surface area contributed by atoms with Crippen molar-refractivity contribution in [2.75, 3.05) is 0 Å². The van der Waals surface area contributed by atoms with Gasteiger partial charge in [0.25, 0.3) is 0 Å². The molecule has 150 valence electrons. The van der Waals surface area contributed by atoms with Gasteiger partial charge < -0.3 is 10.1 Å². The van der Waals surface area contributed by atoms with Crippen LogP contribution >= 0.6 is 0 Å². The van der Waals surface area contributed by atoms with Crippen LogP contribution in [-0.2, 0) is 27.3 Å². The number of benzene rings is 1. The van der Waals surface area contributed by atoms with Crippen LogP contribution in [0.2, 0.25) is 0 Å². The molecule has 1 aliphatic carbocycles. The summed E-state index contributed by atoms with van der Waals surface area (Å²) in [7, 11) is 0. The highest BCUT2D eigenvalue weighted by atomic mass is 16.5. The van der Waals surface area contributed by atoms with Crippen LogP contribution in [0.1, 0.15) is 63.5 Å². The number of aryl methyl sites for hydroxylation is 1. The van der Waals surface area contributed by atoms with Gasteiger partial charge in [0, 0.05) is 13.0 Å². The smallest absolute Gasteiger partial charge is 0.323 e. The zero-order valence-electron chi connectivity index (χ0n) is 16.4. The second-order valence-electron chi connectivity index (χ2n) is 7.76. The Morgan fingerprint density at radius 3 is 2.37 bits per heavy atom. The molecule has 27 heavy (non-hydrogen) atoms. The molecule has 3 N–H and O–H groups in total. The zero-order valence-corrected chi connectivity index (χ0v) is 16.4. The van der Waals surface area contributed by atoms with Gasteiger partial charge in [0.1, 0.15) is 12.1 Å². The molecular formula is C21H32N2O4. The number of carbonyl (C=O) groups is 2. The van der Waals surface area contributed by atoms with E-state index in [2.05, 4.69) is 19.2 Å². The van der Waals surface area contributed by atoms with E-state index in [1.54, 1.807) is 5.48 Å². The first-order valence-electron chi connectivity index (χ1n) is 9.92. The van der Waals surface area contributed by atoms with Crippen molar-refractivity contribution in [1.82, 2.24) is 10.8 Å². The molecule has 1 aromatic rings. The Morgan fingerprint density at radius 2 is 1.78 bits per heavy atom. The van der Waals surface area contributed by atoms with E-state index in [1.165, 1.54) is 0 Å². The molecule has 0 aliphatic heterocycles. The number of carbonyl (C=O) groups excluding carboxylic acids is 2. The molecule has 6 heteroatoms. The van der Waals surface area contributed by atoms with Gasteiger partial charge in [-0.15, -0.1) is 0 Å². The Labute approximate surface area is 161 Å². The van der Waals surface area contributed by atoms with Crippen LogP contribution in [0.15, 0.2) is 24.3 Å². The van der Waals surface area contributed by atoms with Crippen LogP contribution in [0.5, 0.6) is 0 Å². The highest BCUT2D eigenvalue weighted by Gasteiger charge is 2.25. The summed E-state index contributed by atoms with van der Waals surface area (Å²) in [4.78, 5) is 23.6. The minimum atomic E-state index is -0.391. The molecule has 2 rings (SSSR count). The lowest BCUT2D eigenvalue weighted by molar-refractivity contribution is -0.151. The fraction of sp³-hybridized carbons (Fsp3) is 0.619. The van der Waals surface area contributed by atoms with E-state index in [0.29, 0.717) is 18.9 Å². The fourth-order valence-electron chi connectivity index (χ4n) is 3.37. The van der Waals surface area contributed by atoms with Gasteiger partial charge in [0.05, 0.1) is 0 Å². The lowest BCUT2D eigenvalue weighted by Crippen LogP contribution is -2.40. The average molecular weight is 376 g/mol. The summed E-state index contributed by atoms with van der Waals surface area (Å²) >= 11 is 0. The predicted octanol–water partition coefficient (Wildman–Crippen LogP) is 3.11. The topological polar surface area (TPSA) is 87.7 Å². The largest absolute Gasteiger partial charge is 0.461 e. The lowest BCUT2D eigenvalue weighted by Gasteiger charge is -2.22. The number of esters is 1. The van der Waals surface area contributed by atoms with Gasteiger partial charge in [0.15, 0.2) is 0 Å². The standard InChI is InChI=1S/C21H32N2O4/c1-15(2)13-19(21(25)27-18-5-3-4-6-18)22-14-17-9-7-16(8-10-17)11-12-20(24)23-26/h7-10,15,18-19,22,26H,3-6,11-14H2,1-2H3,(H,23,24)/t19-/m0/s1. The van der Waals surface area contributed by atoms with Gasteiger partial charge in [-0.2, -0.15) is 0 Å². The molecule has 0 heterocycles. The first-order chi connectivity index (χ1) is 13.0. The molecule has 1 atom stereocenters. The SMILES string of the molecule is CC(C)C[C@H](NCc1ccc(CCC(=O)NO)cc1)C(=O)OC1CCCC1. The molecule has 1 amide bonds. The molecule has 0 bridgehead atoms. The number of amides is 1. The summed E-state index contributed by atoms with van der Waals surface area (Å²) < 4.78 is 5.69. The maximum Gasteiger partial charge on any atom is 0.323 e. The van der Waals surface area contributed by atoms with Gasteiger partial charge in [0.2, 0.25) is 5.91 Å². The summed E-state index contributed by atoms with van der Waals surface area (Å²) in [6.45, 7) is 4.80. The molecule has 6 nitrogen and oxygen atoms in total. The molecular weight excluding hydrogens is 344 g/mol. The summed E-state index contributed by atoms with van der Waals surface area (Å²) in [6.07, 6.45) is 5.91. The minimum Gasteiger partial charge on any atom is -0.461 e. The van der Waals surface area contributed by atoms with Gasteiger partial charge >= 0.3 is 5.97 Å². The Bertz CT molecular complexity index is 595. The highest BCUT2D eigenvalue weighted by Crippen LogP contribution is 2.22. The van der Waals surface area contributed by atoms with E-state index in [1.807, 2.05) is 24.3 Å². The van der Waals surface area contributed by atoms with Gasteiger partial charge in [-0.25, -0.2) is 5.48 Å². The van der Waals surface area contributed by atoms with Crippen molar-refractivity contribution in [1.29, 1.82) is 0 Å². The van der Waals surface area contributed by atoms with E-state index in [0.717, 1.165) is 43.2 Å². The van der Waals surface area contributed by atoms with Crippen LogP contribution in [0.3, 0.4) is 0 Å². The highest BCUT2D eigenvalue weighted by molar-refractivity contribution is 5.76. The quantitative estimate of drug-likeness (QED) is 0.332. The van der Waals surface area contributed by atoms with Crippen molar-refractivity contribution in [3.63, 3.8) is 0 Å². The van der Waals surface area contributed by atoms with E-state index < -0.39 is 5.91 Å². The van der Waals surface area contributed by atoms with Crippen LogP contribution in [0.4, 0.5) is 0 Å². The van der Waals surface area contributed by atoms with Gasteiger partial charge in [-0.1, -0.05) is 38.1 Å². The van der Waals surface area contributed by atoms with Gasteiger partial charge in [-0.3, -0.25) is 14.8 Å². The first-order valence-corrected chi connectivity index (χ1v) is 9.92. The summed E-state index contributed by atoms with van der Waals surface area (Å²) in [5.41, 5.74) is 3.74. The molecule has 1 saturated carbocycles. The number of hydroxylamine groups is 1. The number of hydrogen-bond donors (Lipinski definition) is 3. The van der Waals surface area contributed by atoms with Crippen LogP contribution in [0.25, 0.3) is 0 Å². The molecule has 0 aromatic heterocycles. The summed E-state index contributed by atoms with van der Waals surface area (Å²) in [5.74, 6) is -0.126. The zero-order chi connectivity index (χ0) is 19.6. The third-order valence-electron chi connectivity index (χ3n) is 4.92. The van der Waals surface area contributed by atoms with Crippen molar-refractivity contribution in [3.8, 4) is 0 Å². The molecule has 0 unspecified atom stereocenters. The summed E-state index contributed by atoms with van der Waals surface area (Å²) in [5, 5.41) is 11.9. The molecule has 1 aliphatic rings. The normalized spacial score (nSPS) is 15.7. The second-order valence-corrected chi connectivity index (χ2v) is 7.76. The molecule has 1 fully saturated rings. The number of nitrogens with one attached hydrogen (secondary N) is 2. The van der Waals surface area contributed by atoms with Crippen molar-refractivity contribution in [3.05, 3.63) is 35.4 Å². The molecule has 0 saturated heterocycles. The molecule has 1 aromatic carbocycles. The van der Waals surface area contributed by atoms with Gasteiger partial charge in [-0.05, 0) is 55.6 Å². The van der Waals surface area contributed by atoms with Crippen LogP contribution in [0, 0.1) is 5.92 Å². The van der Waals surface area contributed by atoms with Crippen LogP contribution in [-0.4, -0.2) is 29.2 Å². The first kappa shape index (κ1) is 21.4. The van der Waals surface area contributed by atoms with Crippen LogP contribution < -0.4 is 10.8 Å². The Morgan fingerprint density at radius 1 is 1.15 bits per heavy atom. The summed E-state index contributed by atoms with van der Waals surface area (Å²) in [6, 6.07) is 7.63. The predicted molar refractivity (Wildman–Crippen MR) is 103 cm³/mol. The third-order valence-corrected chi connectivity index (χ3v) is 4.92. The third kappa shape index (κ3) is 7.69. The second kappa shape index (κ2) is 11.0. The fourth-order valence-corrected chi connectivity index (χ4v) is 3.37. The monoisotopic (exact) mass is 376 g/mol. The Balaban J connectivity index is 1.85. The number of rotatable bonds is 10. The van der Waals surface area contributed by atoms with E-state index in [4.69, 9.17) is 9.94 Å². The van der Waals surface area contributed by atoms with E-state index in [9.17, 15) is 9.59 Å². The van der Waals surface area contributed by atoms with E-state index >= 15 is 0 Å². The number of ether oxygens (including phenoxy) is 1. The molecule has 0 radical (unpaired) electrons. The van der Waals surface area contributed by atoms with E-state index in [-0.39, 0.29) is 24.5 Å². The Kier molecular flexibility index (Phi) is 8.75. The average Bonchev–Trinajstić information content (AvgIpc) is 3.16.